The number of rotatable bonds is 5. The molecule has 1 fully saturated rings. The quantitative estimate of drug-likeness (QED) is 0.335. The Hall–Kier alpha value is -3.46. The van der Waals surface area contributed by atoms with Crippen LogP contribution in [0.5, 0.6) is 0 Å². The van der Waals surface area contributed by atoms with Gasteiger partial charge in [0.1, 0.15) is 6.10 Å². The van der Waals surface area contributed by atoms with Crippen LogP contribution in [0.4, 0.5) is 0 Å². The Balaban J connectivity index is 1.62. The molecule has 0 saturated heterocycles. The van der Waals surface area contributed by atoms with E-state index in [1.165, 1.54) is 12.8 Å². The average molecular weight is 408 g/mol. The van der Waals surface area contributed by atoms with Crippen LogP contribution in [0.25, 0.3) is 22.2 Å². The van der Waals surface area contributed by atoms with Crippen molar-refractivity contribution in [2.24, 2.45) is 5.92 Å². The summed E-state index contributed by atoms with van der Waals surface area (Å²) in [5, 5.41) is 1.06. The van der Waals surface area contributed by atoms with E-state index < -0.39 is 0 Å². The molecule has 3 heteroatoms. The molecule has 0 aliphatic heterocycles. The second kappa shape index (κ2) is 8.73. The highest BCUT2D eigenvalue weighted by Crippen LogP contribution is 2.41. The number of para-hydroxylation sites is 1. The minimum Gasteiger partial charge on any atom is -0.454 e. The second-order valence-electron chi connectivity index (χ2n) is 8.22. The van der Waals surface area contributed by atoms with Crippen LogP contribution in [0.2, 0.25) is 0 Å². The number of hydrogen-bond donors (Lipinski definition) is 0. The third kappa shape index (κ3) is 4.09. The van der Waals surface area contributed by atoms with Crippen molar-refractivity contribution in [3.63, 3.8) is 0 Å². The van der Waals surface area contributed by atoms with Crippen LogP contribution >= 0.6 is 0 Å². The molecule has 1 aliphatic carbocycles. The van der Waals surface area contributed by atoms with Crippen LogP contribution in [0.1, 0.15) is 47.7 Å². The Morgan fingerprint density at radius 2 is 1.48 bits per heavy atom. The van der Waals surface area contributed by atoms with Crippen molar-refractivity contribution in [3.05, 3.63) is 102 Å². The molecule has 5 rings (SSSR count). The lowest BCUT2D eigenvalue weighted by Gasteiger charge is -2.26. The molecule has 154 valence electrons. The molecule has 3 aromatic carbocycles. The zero-order chi connectivity index (χ0) is 21.0. The highest BCUT2D eigenvalue weighted by molar-refractivity contribution is 5.90. The van der Waals surface area contributed by atoms with E-state index >= 15 is 0 Å². The molecule has 0 radical (unpaired) electrons. The number of benzene rings is 3. The molecular formula is C28H25NO2. The van der Waals surface area contributed by atoms with Crippen molar-refractivity contribution < 1.29 is 9.53 Å². The van der Waals surface area contributed by atoms with Crippen molar-refractivity contribution in [2.45, 2.75) is 31.8 Å². The Morgan fingerprint density at radius 1 is 0.839 bits per heavy atom. The minimum absolute atomic E-state index is 0.264. The lowest BCUT2D eigenvalue weighted by molar-refractivity contribution is 0.0142. The van der Waals surface area contributed by atoms with E-state index in [1.54, 1.807) is 0 Å². The molecule has 0 N–H and O–H groups in total. The van der Waals surface area contributed by atoms with Gasteiger partial charge in [0.2, 0.25) is 0 Å². The summed E-state index contributed by atoms with van der Waals surface area (Å²) in [6, 6.07) is 29.8. The van der Waals surface area contributed by atoms with Gasteiger partial charge in [-0.3, -0.25) is 0 Å². The maximum atomic E-state index is 13.0. The zero-order valence-electron chi connectivity index (χ0n) is 17.4. The minimum atomic E-state index is -0.287. The van der Waals surface area contributed by atoms with E-state index in [0.29, 0.717) is 11.5 Å². The largest absolute Gasteiger partial charge is 0.454 e. The van der Waals surface area contributed by atoms with Gasteiger partial charge in [-0.2, -0.15) is 0 Å². The van der Waals surface area contributed by atoms with Gasteiger partial charge in [-0.25, -0.2) is 9.78 Å². The first kappa shape index (κ1) is 19.5. The Labute approximate surface area is 182 Å². The smallest absolute Gasteiger partial charge is 0.338 e. The fraction of sp³-hybridized carbons (Fsp3) is 0.214. The highest BCUT2D eigenvalue weighted by Gasteiger charge is 2.31. The summed E-state index contributed by atoms with van der Waals surface area (Å²) in [5.41, 5.74) is 4.55. The Morgan fingerprint density at radius 3 is 2.23 bits per heavy atom. The van der Waals surface area contributed by atoms with E-state index in [4.69, 9.17) is 9.72 Å². The van der Waals surface area contributed by atoms with Gasteiger partial charge in [0.15, 0.2) is 0 Å². The summed E-state index contributed by atoms with van der Waals surface area (Å²) in [6.07, 6.45) is 4.22. The predicted molar refractivity (Wildman–Crippen MR) is 124 cm³/mol. The van der Waals surface area contributed by atoms with Gasteiger partial charge in [-0.15, -0.1) is 0 Å². The van der Waals surface area contributed by atoms with Gasteiger partial charge in [0.05, 0.1) is 16.8 Å². The van der Waals surface area contributed by atoms with Gasteiger partial charge >= 0.3 is 5.97 Å². The normalized spacial score (nSPS) is 15.1. The van der Waals surface area contributed by atoms with Crippen molar-refractivity contribution in [3.8, 4) is 11.3 Å². The SMILES string of the molecule is O=C(OC(c1cc(-c2ccccc2)nc2ccccc12)C1CCCC1)c1ccccc1. The predicted octanol–water partition coefficient (Wildman–Crippen LogP) is 6.99. The Bertz CT molecular complexity index is 1180. The highest BCUT2D eigenvalue weighted by atomic mass is 16.5. The number of hydrogen-bond acceptors (Lipinski definition) is 3. The summed E-state index contributed by atoms with van der Waals surface area (Å²) >= 11 is 0. The third-order valence-corrected chi connectivity index (χ3v) is 6.20. The number of fused-ring (bicyclic) bond motifs is 1. The van der Waals surface area contributed by atoms with Crippen molar-refractivity contribution in [1.29, 1.82) is 0 Å². The average Bonchev–Trinajstić information content (AvgIpc) is 3.38. The number of nitrogens with zero attached hydrogens (tertiary/aromatic N) is 1. The lowest BCUT2D eigenvalue weighted by atomic mass is 9.90. The van der Waals surface area contributed by atoms with Crippen molar-refractivity contribution >= 4 is 16.9 Å². The molecule has 3 nitrogen and oxygen atoms in total. The third-order valence-electron chi connectivity index (χ3n) is 6.20. The molecule has 1 heterocycles. The molecule has 31 heavy (non-hydrogen) atoms. The number of pyridine rings is 1. The number of carbonyl (C=O) groups excluding carboxylic acids is 1. The number of aromatic nitrogens is 1. The molecular weight excluding hydrogens is 382 g/mol. The van der Waals surface area contributed by atoms with E-state index in [-0.39, 0.29) is 12.1 Å². The molecule has 0 amide bonds. The van der Waals surface area contributed by atoms with Gasteiger partial charge in [0.25, 0.3) is 0 Å². The summed E-state index contributed by atoms with van der Waals surface area (Å²) in [7, 11) is 0. The van der Waals surface area contributed by atoms with E-state index in [2.05, 4.69) is 24.3 Å². The molecule has 1 unspecified atom stereocenters. The van der Waals surface area contributed by atoms with Crippen LogP contribution in [0.3, 0.4) is 0 Å². The van der Waals surface area contributed by atoms with Crippen LogP contribution in [-0.4, -0.2) is 11.0 Å². The van der Waals surface area contributed by atoms with E-state index in [1.807, 2.05) is 66.7 Å². The first-order chi connectivity index (χ1) is 15.3. The fourth-order valence-corrected chi connectivity index (χ4v) is 4.63. The molecule has 4 aromatic rings. The van der Waals surface area contributed by atoms with Crippen LogP contribution < -0.4 is 0 Å². The zero-order valence-corrected chi connectivity index (χ0v) is 17.4. The maximum Gasteiger partial charge on any atom is 0.338 e. The second-order valence-corrected chi connectivity index (χ2v) is 8.22. The van der Waals surface area contributed by atoms with Crippen LogP contribution in [-0.2, 0) is 4.74 Å². The summed E-state index contributed by atoms with van der Waals surface area (Å²) < 4.78 is 6.24. The standard InChI is InChI=1S/C28H25NO2/c30-28(22-15-5-2-6-16-22)31-27(21-13-7-8-14-21)24-19-26(20-11-3-1-4-12-20)29-25-18-10-9-17-23(24)25/h1-6,9-12,15-19,21,27H,7-8,13-14H2. The molecule has 0 bridgehead atoms. The lowest BCUT2D eigenvalue weighted by Crippen LogP contribution is -2.19. The van der Waals surface area contributed by atoms with Gasteiger partial charge < -0.3 is 4.74 Å². The first-order valence-electron chi connectivity index (χ1n) is 11.0. The summed E-state index contributed by atoms with van der Waals surface area (Å²) in [5.74, 6) is 0.0572. The van der Waals surface area contributed by atoms with E-state index in [0.717, 1.165) is 40.6 Å². The monoisotopic (exact) mass is 407 g/mol. The summed E-state index contributed by atoms with van der Waals surface area (Å²) in [4.78, 5) is 18.0. The fourth-order valence-electron chi connectivity index (χ4n) is 4.63. The van der Waals surface area contributed by atoms with Crippen molar-refractivity contribution in [2.75, 3.05) is 0 Å². The van der Waals surface area contributed by atoms with Gasteiger partial charge in [0, 0.05) is 22.4 Å². The van der Waals surface area contributed by atoms with Crippen LogP contribution in [0.15, 0.2) is 91.0 Å². The van der Waals surface area contributed by atoms with Gasteiger partial charge in [-0.1, -0.05) is 79.6 Å². The first-order valence-corrected chi connectivity index (χ1v) is 11.0. The molecule has 0 spiro atoms. The molecule has 1 atom stereocenters. The number of esters is 1. The Kier molecular flexibility index (Phi) is 5.49. The van der Waals surface area contributed by atoms with E-state index in [9.17, 15) is 4.79 Å². The van der Waals surface area contributed by atoms with Crippen LogP contribution in [0, 0.1) is 5.92 Å². The number of ether oxygens (including phenoxy) is 1. The molecule has 1 aromatic heterocycles. The van der Waals surface area contributed by atoms with Gasteiger partial charge in [-0.05, 0) is 37.1 Å². The van der Waals surface area contributed by atoms with Crippen molar-refractivity contribution in [1.82, 2.24) is 4.98 Å². The summed E-state index contributed by atoms with van der Waals surface area (Å²) in [6.45, 7) is 0. The maximum absolute atomic E-state index is 13.0. The number of carbonyl (C=O) groups is 1. The molecule has 1 aliphatic rings. The topological polar surface area (TPSA) is 39.2 Å². The molecule has 1 saturated carbocycles.